The van der Waals surface area contributed by atoms with Crippen LogP contribution in [0.1, 0.15) is 6.92 Å². The molecule has 1 heterocycles. The van der Waals surface area contributed by atoms with E-state index < -0.39 is 0 Å². The number of halogens is 1. The molecule has 6 heteroatoms. The zero-order valence-corrected chi connectivity index (χ0v) is 12.2. The van der Waals surface area contributed by atoms with E-state index in [2.05, 4.69) is 33.2 Å². The fraction of sp³-hybridized carbons (Fsp3) is 0.133. The molecule has 0 bridgehead atoms. The van der Waals surface area contributed by atoms with Gasteiger partial charge in [0.05, 0.1) is 5.69 Å². The summed E-state index contributed by atoms with van der Waals surface area (Å²) in [5, 5.41) is 2.37. The summed E-state index contributed by atoms with van der Waals surface area (Å²) in [7, 11) is 0. The van der Waals surface area contributed by atoms with Gasteiger partial charge in [0.15, 0.2) is 0 Å². The van der Waals surface area contributed by atoms with Crippen molar-refractivity contribution < 1.29 is 0 Å². The second-order valence-corrected chi connectivity index (χ2v) is 4.84. The highest BCUT2D eigenvalue weighted by Crippen LogP contribution is 2.30. The number of benzene rings is 2. The van der Waals surface area contributed by atoms with Crippen molar-refractivity contribution in [3.05, 3.63) is 47.7 Å². The Labute approximate surface area is 127 Å². The van der Waals surface area contributed by atoms with Crippen molar-refractivity contribution in [2.75, 3.05) is 17.2 Å². The highest BCUT2D eigenvalue weighted by Gasteiger charge is 2.14. The van der Waals surface area contributed by atoms with Crippen LogP contribution in [0.2, 0.25) is 5.28 Å². The van der Waals surface area contributed by atoms with Gasteiger partial charge in [-0.05, 0) is 30.0 Å². The lowest BCUT2D eigenvalue weighted by molar-refractivity contribution is 0.930. The molecule has 0 saturated heterocycles. The van der Waals surface area contributed by atoms with Crippen molar-refractivity contribution in [1.82, 2.24) is 15.0 Å². The van der Waals surface area contributed by atoms with Gasteiger partial charge in [0.1, 0.15) is 0 Å². The predicted octanol–water partition coefficient (Wildman–Crippen LogP) is 3.42. The predicted molar refractivity (Wildman–Crippen MR) is 85.9 cm³/mol. The topological polar surface area (TPSA) is 67.9 Å². The molecule has 0 aliphatic heterocycles. The van der Waals surface area contributed by atoms with Gasteiger partial charge < -0.3 is 10.6 Å². The van der Waals surface area contributed by atoms with Crippen LogP contribution in [0.4, 0.5) is 17.6 Å². The van der Waals surface area contributed by atoms with Crippen LogP contribution >= 0.6 is 11.6 Å². The van der Waals surface area contributed by atoms with Crippen molar-refractivity contribution in [3.8, 4) is 0 Å². The average molecular weight is 300 g/mol. The molecular formula is C15H14ClN5. The minimum absolute atomic E-state index is 0.0937. The molecule has 3 rings (SSSR count). The molecule has 21 heavy (non-hydrogen) atoms. The Morgan fingerprint density at radius 3 is 2.57 bits per heavy atom. The lowest BCUT2D eigenvalue weighted by Gasteiger charge is -2.22. The molecule has 0 aliphatic carbocycles. The van der Waals surface area contributed by atoms with Crippen LogP contribution in [0.3, 0.4) is 0 Å². The molecule has 0 radical (unpaired) electrons. The average Bonchev–Trinajstić information content (AvgIpc) is 2.47. The highest BCUT2D eigenvalue weighted by atomic mass is 35.5. The molecular weight excluding hydrogens is 286 g/mol. The minimum Gasteiger partial charge on any atom is -0.368 e. The summed E-state index contributed by atoms with van der Waals surface area (Å²) >= 11 is 5.89. The number of nitrogens with two attached hydrogens (primary N) is 1. The third kappa shape index (κ3) is 2.60. The SMILES string of the molecule is CCN(c1nc(N)nc(Cl)n1)c1cccc2ccccc12. The number of hydrogen-bond acceptors (Lipinski definition) is 5. The first-order chi connectivity index (χ1) is 10.2. The standard InChI is InChI=1S/C15H14ClN5/c1-2-21(15-19-13(16)18-14(17)20-15)12-9-5-7-10-6-3-4-8-11(10)12/h3-9H,2H2,1H3,(H2,17,18,19,20). The number of fused-ring (bicyclic) bond motifs is 1. The fourth-order valence-electron chi connectivity index (χ4n) is 2.34. The molecule has 2 N–H and O–H groups in total. The van der Waals surface area contributed by atoms with E-state index >= 15 is 0 Å². The number of rotatable bonds is 3. The van der Waals surface area contributed by atoms with Gasteiger partial charge in [-0.1, -0.05) is 36.4 Å². The van der Waals surface area contributed by atoms with E-state index in [0.29, 0.717) is 12.5 Å². The molecule has 106 valence electrons. The number of anilines is 3. The van der Waals surface area contributed by atoms with Gasteiger partial charge in [-0.25, -0.2) is 0 Å². The summed E-state index contributed by atoms with van der Waals surface area (Å²) < 4.78 is 0. The van der Waals surface area contributed by atoms with Gasteiger partial charge in [0.2, 0.25) is 17.2 Å². The smallest absolute Gasteiger partial charge is 0.236 e. The Morgan fingerprint density at radius 2 is 1.81 bits per heavy atom. The van der Waals surface area contributed by atoms with Crippen molar-refractivity contribution in [2.45, 2.75) is 6.92 Å². The van der Waals surface area contributed by atoms with Crippen LogP contribution in [0, 0.1) is 0 Å². The lowest BCUT2D eigenvalue weighted by Crippen LogP contribution is -2.20. The van der Waals surface area contributed by atoms with E-state index in [1.54, 1.807) is 0 Å². The van der Waals surface area contributed by atoms with Crippen molar-refractivity contribution in [1.29, 1.82) is 0 Å². The molecule has 3 aromatic rings. The van der Waals surface area contributed by atoms with Crippen LogP contribution in [0.25, 0.3) is 10.8 Å². The third-order valence-electron chi connectivity index (χ3n) is 3.23. The number of hydrogen-bond donors (Lipinski definition) is 1. The van der Waals surface area contributed by atoms with E-state index in [0.717, 1.165) is 16.5 Å². The summed E-state index contributed by atoms with van der Waals surface area (Å²) in [4.78, 5) is 14.1. The largest absolute Gasteiger partial charge is 0.368 e. The van der Waals surface area contributed by atoms with E-state index in [1.165, 1.54) is 0 Å². The van der Waals surface area contributed by atoms with E-state index in [4.69, 9.17) is 17.3 Å². The summed E-state index contributed by atoms with van der Waals surface area (Å²) in [6.45, 7) is 2.71. The first-order valence-corrected chi connectivity index (χ1v) is 6.99. The Morgan fingerprint density at radius 1 is 1.05 bits per heavy atom. The molecule has 0 spiro atoms. The van der Waals surface area contributed by atoms with E-state index in [-0.39, 0.29) is 11.2 Å². The maximum absolute atomic E-state index is 5.89. The molecule has 5 nitrogen and oxygen atoms in total. The van der Waals surface area contributed by atoms with Crippen LogP contribution in [-0.4, -0.2) is 21.5 Å². The van der Waals surface area contributed by atoms with Gasteiger partial charge in [0.25, 0.3) is 0 Å². The van der Waals surface area contributed by atoms with Crippen molar-refractivity contribution in [2.24, 2.45) is 0 Å². The monoisotopic (exact) mass is 299 g/mol. The van der Waals surface area contributed by atoms with Crippen molar-refractivity contribution in [3.63, 3.8) is 0 Å². The third-order valence-corrected chi connectivity index (χ3v) is 3.40. The summed E-state index contributed by atoms with van der Waals surface area (Å²) in [6.07, 6.45) is 0. The van der Waals surface area contributed by atoms with Gasteiger partial charge >= 0.3 is 0 Å². The van der Waals surface area contributed by atoms with Crippen LogP contribution in [0.15, 0.2) is 42.5 Å². The zero-order chi connectivity index (χ0) is 14.8. The number of nitrogen functional groups attached to an aromatic ring is 1. The Bertz CT molecular complexity index is 764. The maximum atomic E-state index is 5.89. The summed E-state index contributed by atoms with van der Waals surface area (Å²) in [6, 6.07) is 14.3. The van der Waals surface area contributed by atoms with Gasteiger partial charge in [-0.15, -0.1) is 0 Å². The van der Waals surface area contributed by atoms with E-state index in [9.17, 15) is 0 Å². The van der Waals surface area contributed by atoms with E-state index in [1.807, 2.05) is 36.1 Å². The van der Waals surface area contributed by atoms with Crippen LogP contribution in [0.5, 0.6) is 0 Å². The van der Waals surface area contributed by atoms with Crippen LogP contribution < -0.4 is 10.6 Å². The molecule has 0 unspecified atom stereocenters. The second kappa shape index (κ2) is 5.54. The van der Waals surface area contributed by atoms with Gasteiger partial charge in [0, 0.05) is 11.9 Å². The second-order valence-electron chi connectivity index (χ2n) is 4.51. The normalized spacial score (nSPS) is 10.8. The number of nitrogens with zero attached hydrogens (tertiary/aromatic N) is 4. The maximum Gasteiger partial charge on any atom is 0.236 e. The number of aromatic nitrogens is 3. The molecule has 2 aromatic carbocycles. The summed E-state index contributed by atoms with van der Waals surface area (Å²) in [5.74, 6) is 0.565. The Kier molecular flexibility index (Phi) is 3.58. The highest BCUT2D eigenvalue weighted by molar-refractivity contribution is 6.28. The molecule has 0 fully saturated rings. The van der Waals surface area contributed by atoms with Crippen LogP contribution in [-0.2, 0) is 0 Å². The zero-order valence-electron chi connectivity index (χ0n) is 11.5. The Balaban J connectivity index is 2.18. The first-order valence-electron chi connectivity index (χ1n) is 6.61. The molecule has 1 aromatic heterocycles. The first kappa shape index (κ1) is 13.6. The molecule has 0 aliphatic rings. The Hall–Kier alpha value is -2.40. The molecule has 0 amide bonds. The summed E-state index contributed by atoms with van der Waals surface area (Å²) in [5.41, 5.74) is 6.68. The lowest BCUT2D eigenvalue weighted by atomic mass is 10.1. The quantitative estimate of drug-likeness (QED) is 0.802. The fourth-order valence-corrected chi connectivity index (χ4v) is 2.50. The molecule has 0 saturated carbocycles. The molecule has 0 atom stereocenters. The van der Waals surface area contributed by atoms with Crippen molar-refractivity contribution >= 4 is 40.0 Å². The van der Waals surface area contributed by atoms with Gasteiger partial charge in [-0.3, -0.25) is 0 Å². The van der Waals surface area contributed by atoms with Gasteiger partial charge in [-0.2, -0.15) is 15.0 Å². The minimum atomic E-state index is 0.0937.